The Morgan fingerprint density at radius 3 is 2.33 bits per heavy atom. The standard InChI is InChI=1S/C22H26N2O3/c1-4-5-17-8-10-18(11-9-17)22(3)20(25)24(21(26)23-22)14-15-27-19-12-6-16(2)7-13-19/h6-13H,4-5,14-15H2,1-3H3,(H,23,26). The van der Waals surface area contributed by atoms with E-state index in [2.05, 4.69) is 12.2 Å². The topological polar surface area (TPSA) is 58.6 Å². The molecule has 2 aromatic carbocycles. The smallest absolute Gasteiger partial charge is 0.325 e. The van der Waals surface area contributed by atoms with Gasteiger partial charge in [0, 0.05) is 0 Å². The van der Waals surface area contributed by atoms with Crippen LogP contribution in [0.1, 0.15) is 37.0 Å². The van der Waals surface area contributed by atoms with Gasteiger partial charge in [0.05, 0.1) is 6.54 Å². The molecule has 3 amide bonds. The Morgan fingerprint density at radius 2 is 1.70 bits per heavy atom. The summed E-state index contributed by atoms with van der Waals surface area (Å²) in [6, 6.07) is 15.2. The number of aryl methyl sites for hydroxylation is 2. The first-order valence-corrected chi connectivity index (χ1v) is 9.37. The molecule has 5 heteroatoms. The van der Waals surface area contributed by atoms with Crippen LogP contribution in [0, 0.1) is 6.92 Å². The van der Waals surface area contributed by atoms with Crippen LogP contribution in [-0.2, 0) is 16.8 Å². The summed E-state index contributed by atoms with van der Waals surface area (Å²) >= 11 is 0. The highest BCUT2D eigenvalue weighted by molar-refractivity contribution is 6.07. The molecule has 3 rings (SSSR count). The summed E-state index contributed by atoms with van der Waals surface area (Å²) in [5.41, 5.74) is 2.14. The summed E-state index contributed by atoms with van der Waals surface area (Å²) in [5, 5.41) is 2.84. The molecule has 0 spiro atoms. The van der Waals surface area contributed by atoms with Crippen LogP contribution in [0.2, 0.25) is 0 Å². The molecule has 5 nitrogen and oxygen atoms in total. The van der Waals surface area contributed by atoms with E-state index >= 15 is 0 Å². The first-order chi connectivity index (χ1) is 12.9. The summed E-state index contributed by atoms with van der Waals surface area (Å²) in [7, 11) is 0. The quantitative estimate of drug-likeness (QED) is 0.759. The highest BCUT2D eigenvalue weighted by atomic mass is 16.5. The molecule has 1 heterocycles. The summed E-state index contributed by atoms with van der Waals surface area (Å²) < 4.78 is 5.66. The van der Waals surface area contributed by atoms with Crippen molar-refractivity contribution in [2.45, 2.75) is 39.2 Å². The zero-order chi connectivity index (χ0) is 19.4. The molecule has 1 N–H and O–H groups in total. The predicted octanol–water partition coefficient (Wildman–Crippen LogP) is 3.79. The van der Waals surface area contributed by atoms with E-state index in [0.29, 0.717) is 0 Å². The van der Waals surface area contributed by atoms with Crippen molar-refractivity contribution in [1.29, 1.82) is 0 Å². The van der Waals surface area contributed by atoms with Gasteiger partial charge in [0.1, 0.15) is 17.9 Å². The maximum Gasteiger partial charge on any atom is 0.325 e. The number of benzene rings is 2. The molecule has 142 valence electrons. The zero-order valence-electron chi connectivity index (χ0n) is 16.1. The van der Waals surface area contributed by atoms with E-state index in [4.69, 9.17) is 4.74 Å². The number of carbonyl (C=O) groups excluding carboxylic acids is 2. The Balaban J connectivity index is 1.65. The van der Waals surface area contributed by atoms with Gasteiger partial charge >= 0.3 is 6.03 Å². The van der Waals surface area contributed by atoms with Crippen LogP contribution in [-0.4, -0.2) is 30.0 Å². The molecule has 0 saturated carbocycles. The number of carbonyl (C=O) groups is 2. The number of imide groups is 1. The molecule has 0 radical (unpaired) electrons. The highest BCUT2D eigenvalue weighted by Crippen LogP contribution is 2.29. The Bertz CT molecular complexity index is 814. The maximum absolute atomic E-state index is 12.9. The third-order valence-electron chi connectivity index (χ3n) is 4.95. The fourth-order valence-electron chi connectivity index (χ4n) is 3.28. The molecule has 1 aliphatic rings. The van der Waals surface area contributed by atoms with E-state index in [1.807, 2.05) is 55.5 Å². The van der Waals surface area contributed by atoms with Crippen LogP contribution in [0.5, 0.6) is 5.75 Å². The first kappa shape index (κ1) is 19.0. The van der Waals surface area contributed by atoms with E-state index in [-0.39, 0.29) is 25.1 Å². The first-order valence-electron chi connectivity index (χ1n) is 9.37. The van der Waals surface area contributed by atoms with E-state index in [1.54, 1.807) is 6.92 Å². The fraction of sp³-hybridized carbons (Fsp3) is 0.364. The number of nitrogens with one attached hydrogen (secondary N) is 1. The van der Waals surface area contributed by atoms with E-state index in [1.165, 1.54) is 10.5 Å². The minimum atomic E-state index is -1.04. The normalized spacial score (nSPS) is 19.3. The molecular formula is C22H26N2O3. The number of urea groups is 1. The van der Waals surface area contributed by atoms with Crippen LogP contribution in [0.15, 0.2) is 48.5 Å². The Hall–Kier alpha value is -2.82. The number of amides is 3. The minimum Gasteiger partial charge on any atom is -0.492 e. The number of nitrogens with zero attached hydrogens (tertiary/aromatic N) is 1. The van der Waals surface area contributed by atoms with E-state index in [0.717, 1.165) is 29.7 Å². The van der Waals surface area contributed by atoms with Gasteiger partial charge in [0.15, 0.2) is 0 Å². The second-order valence-corrected chi connectivity index (χ2v) is 7.12. The molecular weight excluding hydrogens is 340 g/mol. The van der Waals surface area contributed by atoms with Crippen LogP contribution < -0.4 is 10.1 Å². The van der Waals surface area contributed by atoms with Crippen LogP contribution >= 0.6 is 0 Å². The average Bonchev–Trinajstić information content (AvgIpc) is 2.88. The van der Waals surface area contributed by atoms with Crippen molar-refractivity contribution < 1.29 is 14.3 Å². The highest BCUT2D eigenvalue weighted by Gasteiger charge is 2.48. The second-order valence-electron chi connectivity index (χ2n) is 7.12. The fourth-order valence-corrected chi connectivity index (χ4v) is 3.28. The second kappa shape index (κ2) is 7.82. The lowest BCUT2D eigenvalue weighted by atomic mass is 9.91. The van der Waals surface area contributed by atoms with E-state index < -0.39 is 5.54 Å². The van der Waals surface area contributed by atoms with Crippen molar-refractivity contribution in [3.05, 3.63) is 65.2 Å². The summed E-state index contributed by atoms with van der Waals surface area (Å²) in [4.78, 5) is 26.5. The van der Waals surface area contributed by atoms with Gasteiger partial charge in [-0.25, -0.2) is 4.79 Å². The van der Waals surface area contributed by atoms with Gasteiger partial charge in [0.25, 0.3) is 5.91 Å². The number of ether oxygens (including phenoxy) is 1. The summed E-state index contributed by atoms with van der Waals surface area (Å²) in [5.74, 6) is 0.477. The largest absolute Gasteiger partial charge is 0.492 e. The lowest BCUT2D eigenvalue weighted by Crippen LogP contribution is -2.41. The third-order valence-corrected chi connectivity index (χ3v) is 4.95. The molecule has 0 aromatic heterocycles. The number of rotatable bonds is 7. The Kier molecular flexibility index (Phi) is 5.49. The summed E-state index contributed by atoms with van der Waals surface area (Å²) in [6.07, 6.45) is 2.07. The average molecular weight is 366 g/mol. The molecule has 0 aliphatic carbocycles. The van der Waals surface area contributed by atoms with Crippen molar-refractivity contribution in [3.63, 3.8) is 0 Å². The SMILES string of the molecule is CCCc1ccc(C2(C)NC(=O)N(CCOc3ccc(C)cc3)C2=O)cc1. The van der Waals surface area contributed by atoms with Crippen LogP contribution in [0.4, 0.5) is 4.79 Å². The van der Waals surface area contributed by atoms with E-state index in [9.17, 15) is 9.59 Å². The molecule has 1 aliphatic heterocycles. The van der Waals surface area contributed by atoms with Gasteiger partial charge in [0.2, 0.25) is 0 Å². The zero-order valence-corrected chi connectivity index (χ0v) is 16.1. The molecule has 2 aromatic rings. The van der Waals surface area contributed by atoms with Crippen molar-refractivity contribution in [2.24, 2.45) is 0 Å². The lowest BCUT2D eigenvalue weighted by molar-refractivity contribution is -0.131. The van der Waals surface area contributed by atoms with Crippen LogP contribution in [0.3, 0.4) is 0 Å². The van der Waals surface area contributed by atoms with Crippen LogP contribution in [0.25, 0.3) is 0 Å². The van der Waals surface area contributed by atoms with Gasteiger partial charge in [-0.1, -0.05) is 55.3 Å². The number of hydrogen-bond donors (Lipinski definition) is 1. The van der Waals surface area contributed by atoms with Crippen molar-refractivity contribution in [1.82, 2.24) is 10.2 Å². The third kappa shape index (κ3) is 3.97. The van der Waals surface area contributed by atoms with Crippen molar-refractivity contribution in [3.8, 4) is 5.75 Å². The van der Waals surface area contributed by atoms with Gasteiger partial charge < -0.3 is 10.1 Å². The predicted molar refractivity (Wildman–Crippen MR) is 105 cm³/mol. The molecule has 1 atom stereocenters. The number of hydrogen-bond acceptors (Lipinski definition) is 3. The molecule has 27 heavy (non-hydrogen) atoms. The van der Waals surface area contributed by atoms with Gasteiger partial charge in [-0.3, -0.25) is 9.69 Å². The molecule has 1 unspecified atom stereocenters. The van der Waals surface area contributed by atoms with Gasteiger partial charge in [-0.05, 0) is 43.5 Å². The Morgan fingerprint density at radius 1 is 1.04 bits per heavy atom. The molecule has 1 fully saturated rings. The monoisotopic (exact) mass is 366 g/mol. The maximum atomic E-state index is 12.9. The lowest BCUT2D eigenvalue weighted by Gasteiger charge is -2.22. The molecule has 0 bridgehead atoms. The van der Waals surface area contributed by atoms with Gasteiger partial charge in [-0.2, -0.15) is 0 Å². The van der Waals surface area contributed by atoms with Crippen molar-refractivity contribution >= 4 is 11.9 Å². The van der Waals surface area contributed by atoms with Gasteiger partial charge in [-0.15, -0.1) is 0 Å². The summed E-state index contributed by atoms with van der Waals surface area (Å²) in [6.45, 7) is 6.36. The minimum absolute atomic E-state index is 0.210. The Labute approximate surface area is 160 Å². The van der Waals surface area contributed by atoms with Crippen molar-refractivity contribution in [2.75, 3.05) is 13.2 Å². The molecule has 1 saturated heterocycles.